The van der Waals surface area contributed by atoms with E-state index in [1.54, 1.807) is 6.07 Å². The number of phenols is 1. The van der Waals surface area contributed by atoms with E-state index in [1.807, 2.05) is 57.2 Å². The van der Waals surface area contributed by atoms with Gasteiger partial charge in [-0.2, -0.15) is 0 Å². The second kappa shape index (κ2) is 9.27. The van der Waals surface area contributed by atoms with E-state index in [4.69, 9.17) is 4.42 Å². The van der Waals surface area contributed by atoms with Gasteiger partial charge in [0.2, 0.25) is 0 Å². The van der Waals surface area contributed by atoms with Crippen molar-refractivity contribution in [2.45, 2.75) is 33.7 Å². The Hall–Kier alpha value is -3.24. The van der Waals surface area contributed by atoms with Gasteiger partial charge >= 0.3 is 5.63 Å². The lowest BCUT2D eigenvalue weighted by Gasteiger charge is -2.14. The molecule has 1 heterocycles. The van der Waals surface area contributed by atoms with E-state index in [2.05, 4.69) is 23.5 Å². The molecule has 0 spiro atoms. The molecule has 0 bridgehead atoms. The predicted molar refractivity (Wildman–Crippen MR) is 129 cm³/mol. The highest BCUT2D eigenvalue weighted by molar-refractivity contribution is 5.86. The van der Waals surface area contributed by atoms with Crippen LogP contribution in [0.1, 0.15) is 33.4 Å². The molecule has 0 aliphatic rings. The van der Waals surface area contributed by atoms with Crippen LogP contribution >= 0.6 is 12.4 Å². The number of phenolic OH excluding ortho intramolecular Hbond substituents is 1. The molecule has 4 aromatic rings. The van der Waals surface area contributed by atoms with Gasteiger partial charge in [0.1, 0.15) is 11.3 Å². The number of hydrogen-bond donors (Lipinski definition) is 2. The van der Waals surface area contributed by atoms with E-state index < -0.39 is 0 Å². The maximum atomic E-state index is 12.8. The number of aryl methyl sites for hydroxylation is 3. The maximum Gasteiger partial charge on any atom is 0.340 e. The molecule has 1 aromatic heterocycles. The van der Waals surface area contributed by atoms with Gasteiger partial charge < -0.3 is 14.8 Å². The summed E-state index contributed by atoms with van der Waals surface area (Å²) in [6, 6.07) is 19.6. The fraction of sp³-hybridized carbons (Fsp3) is 0.192. The van der Waals surface area contributed by atoms with Crippen molar-refractivity contribution in [1.82, 2.24) is 0 Å². The van der Waals surface area contributed by atoms with Crippen LogP contribution < -0.4 is 10.9 Å². The first kappa shape index (κ1) is 22.4. The molecule has 0 amide bonds. The number of nitrogens with one attached hydrogen (secondary N) is 1. The van der Waals surface area contributed by atoms with Crippen molar-refractivity contribution >= 4 is 29.1 Å². The number of benzene rings is 3. The molecule has 0 radical (unpaired) electrons. The van der Waals surface area contributed by atoms with Crippen LogP contribution in [0.3, 0.4) is 0 Å². The first-order valence-electron chi connectivity index (χ1n) is 10.1. The normalized spacial score (nSPS) is 10.7. The zero-order valence-electron chi connectivity index (χ0n) is 17.9. The second-order valence-electron chi connectivity index (χ2n) is 7.83. The van der Waals surface area contributed by atoms with Crippen LogP contribution in [-0.2, 0) is 13.0 Å². The summed E-state index contributed by atoms with van der Waals surface area (Å²) in [6.07, 6.45) is 0.516. The van der Waals surface area contributed by atoms with Crippen LogP contribution in [0.25, 0.3) is 11.0 Å². The van der Waals surface area contributed by atoms with Gasteiger partial charge in [-0.25, -0.2) is 4.79 Å². The summed E-state index contributed by atoms with van der Waals surface area (Å²) in [5.74, 6) is 0.109. The summed E-state index contributed by atoms with van der Waals surface area (Å²) in [5, 5.41) is 14.7. The van der Waals surface area contributed by atoms with Gasteiger partial charge in [0.25, 0.3) is 0 Å². The lowest BCUT2D eigenvalue weighted by molar-refractivity contribution is 0.465. The summed E-state index contributed by atoms with van der Waals surface area (Å²) < 4.78 is 5.74. The van der Waals surface area contributed by atoms with Crippen LogP contribution in [0.15, 0.2) is 69.9 Å². The topological polar surface area (TPSA) is 62.5 Å². The van der Waals surface area contributed by atoms with Crippen LogP contribution in [-0.4, -0.2) is 5.11 Å². The van der Waals surface area contributed by atoms with Gasteiger partial charge in [0.05, 0.1) is 5.56 Å². The Morgan fingerprint density at radius 2 is 1.58 bits per heavy atom. The summed E-state index contributed by atoms with van der Waals surface area (Å²) in [5.41, 5.74) is 6.53. The number of hydrogen-bond acceptors (Lipinski definition) is 4. The number of halogens is 1. The Balaban J connectivity index is 0.00000272. The highest BCUT2D eigenvalue weighted by Gasteiger charge is 2.17. The molecule has 2 N–H and O–H groups in total. The SMILES string of the molecule is Cc1cc(C)cc(NCc2c(O)ccc3c(C)c(Cc4ccccc4)c(=O)oc23)c1.Cl. The standard InChI is InChI=1S/C26H25NO3.ClH/c1-16-11-17(2)13-20(12-16)27-15-23-24(28)10-9-21-18(3)22(26(29)30-25(21)23)14-19-7-5-4-6-8-19;/h4-13,27-28H,14-15H2,1-3H3;1H. The minimum Gasteiger partial charge on any atom is -0.507 e. The van der Waals surface area contributed by atoms with E-state index in [9.17, 15) is 9.90 Å². The molecule has 0 aliphatic heterocycles. The molecule has 0 fully saturated rings. The van der Waals surface area contributed by atoms with Crippen LogP contribution in [0, 0.1) is 20.8 Å². The Kier molecular flexibility index (Phi) is 6.71. The van der Waals surface area contributed by atoms with Gasteiger partial charge in [-0.1, -0.05) is 36.4 Å². The second-order valence-corrected chi connectivity index (χ2v) is 7.83. The number of anilines is 1. The van der Waals surface area contributed by atoms with Crippen molar-refractivity contribution < 1.29 is 9.52 Å². The van der Waals surface area contributed by atoms with Crippen LogP contribution in [0.4, 0.5) is 5.69 Å². The molecular formula is C26H26ClNO3. The fourth-order valence-corrected chi connectivity index (χ4v) is 3.94. The van der Waals surface area contributed by atoms with Gasteiger partial charge in [-0.05, 0) is 67.3 Å². The molecule has 0 atom stereocenters. The van der Waals surface area contributed by atoms with E-state index in [0.717, 1.165) is 33.3 Å². The third-order valence-corrected chi connectivity index (χ3v) is 5.45. The van der Waals surface area contributed by atoms with E-state index >= 15 is 0 Å². The first-order chi connectivity index (χ1) is 14.4. The van der Waals surface area contributed by atoms with Gasteiger partial charge in [-0.3, -0.25) is 0 Å². The van der Waals surface area contributed by atoms with E-state index in [1.165, 1.54) is 0 Å². The number of rotatable bonds is 5. The minimum atomic E-state index is -0.359. The smallest absolute Gasteiger partial charge is 0.340 e. The van der Waals surface area contributed by atoms with E-state index in [-0.39, 0.29) is 23.8 Å². The lowest BCUT2D eigenvalue weighted by Crippen LogP contribution is -2.12. The largest absolute Gasteiger partial charge is 0.507 e. The van der Waals surface area contributed by atoms with Crippen molar-refractivity contribution in [1.29, 1.82) is 0 Å². The van der Waals surface area contributed by atoms with Gasteiger partial charge in [0.15, 0.2) is 0 Å². The summed E-state index contributed by atoms with van der Waals surface area (Å²) in [7, 11) is 0. The van der Waals surface area contributed by atoms with Crippen molar-refractivity contribution in [3.05, 3.63) is 104 Å². The number of aromatic hydroxyl groups is 1. The maximum absolute atomic E-state index is 12.8. The van der Waals surface area contributed by atoms with Gasteiger partial charge in [0, 0.05) is 29.6 Å². The molecule has 5 heteroatoms. The predicted octanol–water partition coefficient (Wildman–Crippen LogP) is 6.05. The number of fused-ring (bicyclic) bond motifs is 1. The van der Waals surface area contributed by atoms with E-state index in [0.29, 0.717) is 29.7 Å². The molecule has 4 rings (SSSR count). The van der Waals surface area contributed by atoms with Crippen molar-refractivity contribution in [3.8, 4) is 5.75 Å². The summed E-state index contributed by atoms with van der Waals surface area (Å²) in [4.78, 5) is 12.8. The summed E-state index contributed by atoms with van der Waals surface area (Å²) in [6.45, 7) is 6.39. The molecule has 0 saturated heterocycles. The zero-order valence-corrected chi connectivity index (χ0v) is 18.7. The Bertz CT molecular complexity index is 1260. The molecule has 0 unspecified atom stereocenters. The Morgan fingerprint density at radius 1 is 0.903 bits per heavy atom. The molecule has 31 heavy (non-hydrogen) atoms. The average molecular weight is 436 g/mol. The van der Waals surface area contributed by atoms with Crippen molar-refractivity contribution in [3.63, 3.8) is 0 Å². The monoisotopic (exact) mass is 435 g/mol. The molecule has 4 nitrogen and oxygen atoms in total. The third-order valence-electron chi connectivity index (χ3n) is 5.45. The third kappa shape index (κ3) is 4.75. The molecule has 160 valence electrons. The average Bonchev–Trinajstić information content (AvgIpc) is 2.70. The molecule has 3 aromatic carbocycles. The van der Waals surface area contributed by atoms with Crippen molar-refractivity contribution in [2.24, 2.45) is 0 Å². The van der Waals surface area contributed by atoms with Crippen molar-refractivity contribution in [2.75, 3.05) is 5.32 Å². The minimum absolute atomic E-state index is 0. The highest BCUT2D eigenvalue weighted by Crippen LogP contribution is 2.30. The Morgan fingerprint density at radius 3 is 2.26 bits per heavy atom. The lowest BCUT2D eigenvalue weighted by atomic mass is 9.98. The summed E-state index contributed by atoms with van der Waals surface area (Å²) >= 11 is 0. The van der Waals surface area contributed by atoms with Gasteiger partial charge in [-0.15, -0.1) is 12.4 Å². The quantitative estimate of drug-likeness (QED) is 0.374. The molecule has 0 saturated carbocycles. The first-order valence-corrected chi connectivity index (χ1v) is 10.1. The van der Waals surface area contributed by atoms with Crippen LogP contribution in [0.2, 0.25) is 0 Å². The zero-order chi connectivity index (χ0) is 21.3. The molecule has 0 aliphatic carbocycles. The highest BCUT2D eigenvalue weighted by atomic mass is 35.5. The molecular weight excluding hydrogens is 410 g/mol. The van der Waals surface area contributed by atoms with Crippen LogP contribution in [0.5, 0.6) is 5.75 Å². The fourth-order valence-electron chi connectivity index (χ4n) is 3.94. The Labute approximate surface area is 188 Å².